The molecule has 1 aliphatic heterocycles. The fourth-order valence-corrected chi connectivity index (χ4v) is 4.31. The topological polar surface area (TPSA) is 84.8 Å². The molecule has 0 saturated carbocycles. The molecule has 1 fully saturated rings. The lowest BCUT2D eigenvalue weighted by Gasteiger charge is -2.23. The van der Waals surface area contributed by atoms with E-state index in [4.69, 9.17) is 33.2 Å². The highest BCUT2D eigenvalue weighted by Gasteiger charge is 2.37. The van der Waals surface area contributed by atoms with Crippen LogP contribution in [0.4, 0.5) is 0 Å². The minimum Gasteiger partial charge on any atom is -0.493 e. The molecule has 0 aliphatic carbocycles. The fraction of sp³-hybridized carbons (Fsp3) is 0.500. The second-order valence-electron chi connectivity index (χ2n) is 7.58. The van der Waals surface area contributed by atoms with Gasteiger partial charge in [0.15, 0.2) is 29.3 Å². The lowest BCUT2D eigenvalue weighted by atomic mass is 9.84. The summed E-state index contributed by atoms with van der Waals surface area (Å²) in [4.78, 5) is 0. The van der Waals surface area contributed by atoms with Crippen molar-refractivity contribution in [2.24, 2.45) is 11.8 Å². The Balaban J connectivity index is 1.88. The molecular formula is C24H32O8. The van der Waals surface area contributed by atoms with Gasteiger partial charge in [-0.05, 0) is 48.1 Å². The highest BCUT2D eigenvalue weighted by molar-refractivity contribution is 5.56. The maximum Gasteiger partial charge on any atom is 0.203 e. The minimum absolute atomic E-state index is 0.0658. The summed E-state index contributed by atoms with van der Waals surface area (Å²) < 4.78 is 38.5. The molecule has 3 atom stereocenters. The van der Waals surface area contributed by atoms with Crippen LogP contribution in [0.2, 0.25) is 0 Å². The van der Waals surface area contributed by atoms with E-state index in [1.165, 1.54) is 0 Å². The molecule has 0 bridgehead atoms. The van der Waals surface area contributed by atoms with Crippen LogP contribution in [0.15, 0.2) is 24.3 Å². The van der Waals surface area contributed by atoms with Crippen LogP contribution in [0, 0.1) is 11.8 Å². The van der Waals surface area contributed by atoms with Crippen LogP contribution >= 0.6 is 0 Å². The third-order valence-electron chi connectivity index (χ3n) is 5.92. The zero-order valence-electron chi connectivity index (χ0n) is 19.5. The molecule has 0 unspecified atom stereocenters. The third kappa shape index (κ3) is 4.66. The van der Waals surface area contributed by atoms with Crippen molar-refractivity contribution in [3.8, 4) is 34.5 Å². The number of hydrogen-bond acceptors (Lipinski definition) is 8. The van der Waals surface area contributed by atoms with Gasteiger partial charge in [0.1, 0.15) is 0 Å². The van der Waals surface area contributed by atoms with E-state index < -0.39 is 6.29 Å². The molecule has 0 spiro atoms. The number of benzene rings is 2. The number of aliphatic hydroxyl groups is 1. The normalized spacial score (nSPS) is 20.0. The first-order valence-corrected chi connectivity index (χ1v) is 10.4. The summed E-state index contributed by atoms with van der Waals surface area (Å²) in [5.74, 6) is 3.40. The number of rotatable bonds is 10. The van der Waals surface area contributed by atoms with Crippen molar-refractivity contribution < 1.29 is 38.3 Å². The summed E-state index contributed by atoms with van der Waals surface area (Å²) >= 11 is 0. The Morgan fingerprint density at radius 1 is 0.750 bits per heavy atom. The fourth-order valence-electron chi connectivity index (χ4n) is 4.31. The van der Waals surface area contributed by atoms with E-state index in [9.17, 15) is 5.11 Å². The lowest BCUT2D eigenvalue weighted by molar-refractivity contribution is -0.0820. The van der Waals surface area contributed by atoms with Gasteiger partial charge in [0, 0.05) is 5.92 Å². The van der Waals surface area contributed by atoms with Crippen LogP contribution < -0.4 is 28.4 Å². The van der Waals surface area contributed by atoms with Gasteiger partial charge < -0.3 is 38.3 Å². The van der Waals surface area contributed by atoms with Gasteiger partial charge in [0.2, 0.25) is 11.5 Å². The molecule has 8 nitrogen and oxygen atoms in total. The van der Waals surface area contributed by atoms with E-state index in [1.54, 1.807) is 42.7 Å². The molecule has 0 amide bonds. The van der Waals surface area contributed by atoms with E-state index in [1.807, 2.05) is 24.3 Å². The summed E-state index contributed by atoms with van der Waals surface area (Å²) in [7, 11) is 9.52. The summed E-state index contributed by atoms with van der Waals surface area (Å²) in [6, 6.07) is 7.62. The highest BCUT2D eigenvalue weighted by atomic mass is 16.6. The molecule has 0 radical (unpaired) electrons. The van der Waals surface area contributed by atoms with Crippen LogP contribution in [-0.2, 0) is 17.6 Å². The van der Waals surface area contributed by atoms with E-state index in [-0.39, 0.29) is 11.8 Å². The molecule has 1 heterocycles. The molecule has 0 aromatic heterocycles. The van der Waals surface area contributed by atoms with Crippen molar-refractivity contribution in [1.82, 2.24) is 0 Å². The largest absolute Gasteiger partial charge is 0.493 e. The van der Waals surface area contributed by atoms with Crippen molar-refractivity contribution in [3.63, 3.8) is 0 Å². The Morgan fingerprint density at radius 2 is 1.34 bits per heavy atom. The van der Waals surface area contributed by atoms with Crippen LogP contribution in [-0.4, -0.2) is 60.7 Å². The summed E-state index contributed by atoms with van der Waals surface area (Å²) in [5.41, 5.74) is 1.92. The molecule has 2 aromatic carbocycles. The van der Waals surface area contributed by atoms with Crippen molar-refractivity contribution in [3.05, 3.63) is 35.4 Å². The Hall–Kier alpha value is -2.84. The molecule has 1 saturated heterocycles. The lowest BCUT2D eigenvalue weighted by Crippen LogP contribution is -2.24. The highest BCUT2D eigenvalue weighted by Crippen LogP contribution is 2.43. The van der Waals surface area contributed by atoms with Crippen molar-refractivity contribution in [2.45, 2.75) is 19.1 Å². The maximum atomic E-state index is 10.6. The number of aliphatic hydroxyl groups excluding tert-OH is 1. The second-order valence-corrected chi connectivity index (χ2v) is 7.58. The van der Waals surface area contributed by atoms with E-state index in [0.29, 0.717) is 53.9 Å². The van der Waals surface area contributed by atoms with Crippen molar-refractivity contribution >= 4 is 0 Å². The van der Waals surface area contributed by atoms with Gasteiger partial charge in [0.25, 0.3) is 0 Å². The van der Waals surface area contributed by atoms with Gasteiger partial charge in [-0.25, -0.2) is 0 Å². The molecule has 1 N–H and O–H groups in total. The maximum absolute atomic E-state index is 10.6. The van der Waals surface area contributed by atoms with Gasteiger partial charge in [0.05, 0.1) is 49.3 Å². The summed E-state index contributed by atoms with van der Waals surface area (Å²) in [6.07, 6.45) is 0.360. The van der Waals surface area contributed by atoms with Gasteiger partial charge in [-0.3, -0.25) is 0 Å². The first-order chi connectivity index (χ1) is 15.5. The van der Waals surface area contributed by atoms with E-state index >= 15 is 0 Å². The smallest absolute Gasteiger partial charge is 0.203 e. The minimum atomic E-state index is -0.870. The zero-order valence-corrected chi connectivity index (χ0v) is 19.5. The monoisotopic (exact) mass is 448 g/mol. The Labute approximate surface area is 188 Å². The average molecular weight is 449 g/mol. The Kier molecular flexibility index (Phi) is 7.93. The molecule has 3 rings (SSSR count). The quantitative estimate of drug-likeness (QED) is 0.594. The Morgan fingerprint density at radius 3 is 1.88 bits per heavy atom. The van der Waals surface area contributed by atoms with Gasteiger partial charge in [-0.1, -0.05) is 6.07 Å². The first kappa shape index (κ1) is 23.8. The summed E-state index contributed by atoms with van der Waals surface area (Å²) in [5, 5.41) is 10.6. The third-order valence-corrected chi connectivity index (χ3v) is 5.92. The molecule has 32 heavy (non-hydrogen) atoms. The predicted molar refractivity (Wildman–Crippen MR) is 119 cm³/mol. The molecule has 8 heteroatoms. The second kappa shape index (κ2) is 10.7. The summed E-state index contributed by atoms with van der Waals surface area (Å²) in [6.45, 7) is 0.438. The van der Waals surface area contributed by atoms with Crippen LogP contribution in [0.5, 0.6) is 34.5 Å². The SMILES string of the molecule is COc1cc(C[C@@H]2[C@@H](Cc3ccc(OC)c(OC)c3OC)CO[C@H]2O)cc(OC)c1OC. The van der Waals surface area contributed by atoms with E-state index in [0.717, 1.165) is 11.1 Å². The van der Waals surface area contributed by atoms with Crippen molar-refractivity contribution in [2.75, 3.05) is 49.3 Å². The molecule has 2 aromatic rings. The molecule has 176 valence electrons. The van der Waals surface area contributed by atoms with Crippen LogP contribution in [0.3, 0.4) is 0 Å². The Bertz CT molecular complexity index is 888. The van der Waals surface area contributed by atoms with E-state index in [2.05, 4.69) is 0 Å². The first-order valence-electron chi connectivity index (χ1n) is 10.4. The van der Waals surface area contributed by atoms with Crippen LogP contribution in [0.25, 0.3) is 0 Å². The molecular weight excluding hydrogens is 416 g/mol. The van der Waals surface area contributed by atoms with Gasteiger partial charge >= 0.3 is 0 Å². The number of hydrogen-bond donors (Lipinski definition) is 1. The van der Waals surface area contributed by atoms with Gasteiger partial charge in [-0.2, -0.15) is 0 Å². The predicted octanol–water partition coefficient (Wildman–Crippen LogP) is 3.10. The number of ether oxygens (including phenoxy) is 7. The van der Waals surface area contributed by atoms with Gasteiger partial charge in [-0.15, -0.1) is 0 Å². The average Bonchev–Trinajstić information content (AvgIpc) is 3.16. The molecule has 1 aliphatic rings. The zero-order chi connectivity index (χ0) is 23.3. The number of methoxy groups -OCH3 is 6. The van der Waals surface area contributed by atoms with Crippen molar-refractivity contribution in [1.29, 1.82) is 0 Å². The standard InChI is InChI=1S/C24H32O8/c1-26-18-8-7-15(21(29-4)23(18)31-6)12-16-13-32-24(25)17(16)9-14-10-19(27-2)22(30-5)20(11-14)28-3/h7-8,10-11,16-17,24-25H,9,12-13H2,1-6H3/t16-,17+,24+/m0/s1. The van der Waals surface area contributed by atoms with Crippen LogP contribution in [0.1, 0.15) is 11.1 Å².